The number of hydrogen-bond donors (Lipinski definition) is 2. The molecule has 94 valence electrons. The third-order valence-corrected chi connectivity index (χ3v) is 2.41. The molecule has 1 amide bonds. The molecule has 0 fully saturated rings. The fourth-order valence-corrected chi connectivity index (χ4v) is 1.38. The van der Waals surface area contributed by atoms with E-state index in [4.69, 9.17) is 16.7 Å². The Morgan fingerprint density at radius 1 is 1.29 bits per heavy atom. The van der Waals surface area contributed by atoms with E-state index in [9.17, 15) is 13.6 Å². The summed E-state index contributed by atoms with van der Waals surface area (Å²) >= 11 is 5.36. The number of unbranched alkanes of at least 4 members (excludes halogenated alkanes) is 1. The molecular weight excluding hydrogens is 252 g/mol. The normalized spacial score (nSPS) is 10.4. The molecule has 0 aliphatic heterocycles. The second kappa shape index (κ2) is 6.51. The lowest BCUT2D eigenvalue weighted by atomic mass is 10.2. The van der Waals surface area contributed by atoms with E-state index >= 15 is 0 Å². The highest BCUT2D eigenvalue weighted by Crippen LogP contribution is 2.19. The number of nitrogens with one attached hydrogen (secondary N) is 1. The van der Waals surface area contributed by atoms with Crippen LogP contribution in [0.5, 0.6) is 0 Å². The first kappa shape index (κ1) is 13.9. The number of hydrogen-bond acceptors (Lipinski definition) is 2. The number of rotatable bonds is 5. The summed E-state index contributed by atoms with van der Waals surface area (Å²) in [6.07, 6.45) is 1.11. The minimum Gasteiger partial charge on any atom is -0.396 e. The number of carbonyl (C=O) groups excluding carboxylic acids is 1. The van der Waals surface area contributed by atoms with Crippen molar-refractivity contribution < 1.29 is 18.7 Å². The molecule has 0 bridgehead atoms. The Labute approximate surface area is 102 Å². The number of carbonyl (C=O) groups is 1. The monoisotopic (exact) mass is 263 g/mol. The van der Waals surface area contributed by atoms with Crippen LogP contribution < -0.4 is 5.32 Å². The van der Waals surface area contributed by atoms with Crippen LogP contribution in [0.3, 0.4) is 0 Å². The predicted octanol–water partition coefficient (Wildman–Crippen LogP) is 2.12. The summed E-state index contributed by atoms with van der Waals surface area (Å²) in [5, 5.41) is 10.6. The van der Waals surface area contributed by atoms with E-state index in [0.29, 0.717) is 19.4 Å². The topological polar surface area (TPSA) is 49.3 Å². The fraction of sp³-hybridized carbons (Fsp3) is 0.364. The Kier molecular flexibility index (Phi) is 5.31. The molecule has 0 saturated heterocycles. The molecular formula is C11H12ClF2NO2. The highest BCUT2D eigenvalue weighted by Gasteiger charge is 2.14. The predicted molar refractivity (Wildman–Crippen MR) is 60.0 cm³/mol. The second-order valence-corrected chi connectivity index (χ2v) is 3.84. The van der Waals surface area contributed by atoms with Crippen molar-refractivity contribution in [3.8, 4) is 0 Å². The lowest BCUT2D eigenvalue weighted by molar-refractivity contribution is 0.0947. The Hall–Kier alpha value is -1.20. The first-order valence-electron chi connectivity index (χ1n) is 5.10. The zero-order valence-corrected chi connectivity index (χ0v) is 9.73. The van der Waals surface area contributed by atoms with Crippen LogP contribution in [0, 0.1) is 11.6 Å². The quantitative estimate of drug-likeness (QED) is 0.632. The van der Waals surface area contributed by atoms with Crippen molar-refractivity contribution >= 4 is 17.5 Å². The van der Waals surface area contributed by atoms with E-state index in [-0.39, 0.29) is 17.2 Å². The Morgan fingerprint density at radius 3 is 2.65 bits per heavy atom. The minimum absolute atomic E-state index is 0.0276. The maximum absolute atomic E-state index is 13.3. The van der Waals surface area contributed by atoms with Crippen LogP contribution in [0.2, 0.25) is 5.02 Å². The van der Waals surface area contributed by atoms with Crippen molar-refractivity contribution in [1.82, 2.24) is 5.32 Å². The summed E-state index contributed by atoms with van der Waals surface area (Å²) in [5.74, 6) is -2.40. The molecule has 1 rings (SSSR count). The van der Waals surface area contributed by atoms with Crippen molar-refractivity contribution in [2.75, 3.05) is 13.2 Å². The van der Waals surface area contributed by atoms with Gasteiger partial charge in [0.05, 0.1) is 10.6 Å². The molecule has 0 spiro atoms. The number of aliphatic hydroxyl groups is 1. The first-order chi connectivity index (χ1) is 8.06. The van der Waals surface area contributed by atoms with Crippen molar-refractivity contribution in [2.24, 2.45) is 0 Å². The zero-order valence-electron chi connectivity index (χ0n) is 8.97. The van der Waals surface area contributed by atoms with Crippen LogP contribution >= 0.6 is 11.6 Å². The third kappa shape index (κ3) is 3.94. The van der Waals surface area contributed by atoms with Crippen molar-refractivity contribution in [1.29, 1.82) is 0 Å². The zero-order chi connectivity index (χ0) is 12.8. The SMILES string of the molecule is O=C(NCCCCO)c1cc(F)c(Cl)cc1F. The van der Waals surface area contributed by atoms with Gasteiger partial charge in [-0.15, -0.1) is 0 Å². The Balaban J connectivity index is 2.66. The summed E-state index contributed by atoms with van der Waals surface area (Å²) in [4.78, 5) is 11.5. The third-order valence-electron chi connectivity index (χ3n) is 2.13. The van der Waals surface area contributed by atoms with E-state index in [1.807, 2.05) is 0 Å². The van der Waals surface area contributed by atoms with Crippen LogP contribution in [0.1, 0.15) is 23.2 Å². The number of amides is 1. The van der Waals surface area contributed by atoms with Gasteiger partial charge in [0.25, 0.3) is 5.91 Å². The molecule has 1 aromatic carbocycles. The molecule has 2 N–H and O–H groups in total. The second-order valence-electron chi connectivity index (χ2n) is 3.43. The van der Waals surface area contributed by atoms with Gasteiger partial charge in [0, 0.05) is 13.2 Å². The number of benzene rings is 1. The smallest absolute Gasteiger partial charge is 0.254 e. The highest BCUT2D eigenvalue weighted by molar-refractivity contribution is 6.30. The molecule has 0 saturated carbocycles. The molecule has 6 heteroatoms. The van der Waals surface area contributed by atoms with Crippen molar-refractivity contribution in [3.05, 3.63) is 34.4 Å². The lowest BCUT2D eigenvalue weighted by Crippen LogP contribution is -2.25. The molecule has 0 radical (unpaired) electrons. The maximum atomic E-state index is 13.3. The fourth-order valence-electron chi connectivity index (χ4n) is 1.23. The number of aliphatic hydroxyl groups excluding tert-OH is 1. The average molecular weight is 264 g/mol. The van der Waals surface area contributed by atoms with E-state index in [1.165, 1.54) is 0 Å². The van der Waals surface area contributed by atoms with Gasteiger partial charge >= 0.3 is 0 Å². The van der Waals surface area contributed by atoms with Crippen molar-refractivity contribution in [2.45, 2.75) is 12.8 Å². The molecule has 0 aliphatic carbocycles. The van der Waals surface area contributed by atoms with Gasteiger partial charge in [-0.1, -0.05) is 11.6 Å². The molecule has 3 nitrogen and oxygen atoms in total. The first-order valence-corrected chi connectivity index (χ1v) is 5.47. The lowest BCUT2D eigenvalue weighted by Gasteiger charge is -2.06. The largest absolute Gasteiger partial charge is 0.396 e. The van der Waals surface area contributed by atoms with Crippen LogP contribution in [-0.2, 0) is 0 Å². The van der Waals surface area contributed by atoms with Crippen LogP contribution in [0.25, 0.3) is 0 Å². The maximum Gasteiger partial charge on any atom is 0.254 e. The Morgan fingerprint density at radius 2 is 2.00 bits per heavy atom. The van der Waals surface area contributed by atoms with E-state index < -0.39 is 17.5 Å². The van der Waals surface area contributed by atoms with Crippen LogP contribution in [0.15, 0.2) is 12.1 Å². The summed E-state index contributed by atoms with van der Waals surface area (Å²) < 4.78 is 26.4. The molecule has 0 unspecified atom stereocenters. The van der Waals surface area contributed by atoms with Crippen LogP contribution in [0.4, 0.5) is 8.78 Å². The summed E-state index contributed by atoms with van der Waals surface area (Å²) in [6.45, 7) is 0.322. The van der Waals surface area contributed by atoms with Gasteiger partial charge in [0.1, 0.15) is 11.6 Å². The molecule has 0 heterocycles. The molecule has 17 heavy (non-hydrogen) atoms. The van der Waals surface area contributed by atoms with E-state index in [2.05, 4.69) is 5.32 Å². The molecule has 0 aliphatic rings. The Bertz CT molecular complexity index is 413. The van der Waals surface area contributed by atoms with E-state index in [0.717, 1.165) is 12.1 Å². The highest BCUT2D eigenvalue weighted by atomic mass is 35.5. The average Bonchev–Trinajstić information content (AvgIpc) is 2.29. The van der Waals surface area contributed by atoms with E-state index in [1.54, 1.807) is 0 Å². The van der Waals surface area contributed by atoms with Gasteiger partial charge in [0.2, 0.25) is 0 Å². The van der Waals surface area contributed by atoms with Gasteiger partial charge in [-0.2, -0.15) is 0 Å². The number of halogens is 3. The van der Waals surface area contributed by atoms with Gasteiger partial charge in [-0.05, 0) is 25.0 Å². The summed E-state index contributed by atoms with van der Waals surface area (Å²) in [5.41, 5.74) is -0.379. The van der Waals surface area contributed by atoms with Gasteiger partial charge in [-0.3, -0.25) is 4.79 Å². The summed E-state index contributed by atoms with van der Waals surface area (Å²) in [6, 6.07) is 1.53. The molecule has 0 atom stereocenters. The standard InChI is InChI=1S/C11H12ClF2NO2/c12-8-6-9(13)7(5-10(8)14)11(17)15-3-1-2-4-16/h5-6,16H,1-4H2,(H,15,17). The van der Waals surface area contributed by atoms with Crippen molar-refractivity contribution in [3.63, 3.8) is 0 Å². The van der Waals surface area contributed by atoms with Gasteiger partial charge in [0.15, 0.2) is 0 Å². The van der Waals surface area contributed by atoms with Gasteiger partial charge < -0.3 is 10.4 Å². The molecule has 1 aromatic rings. The minimum atomic E-state index is -0.865. The molecule has 0 aromatic heterocycles. The van der Waals surface area contributed by atoms with Gasteiger partial charge in [-0.25, -0.2) is 8.78 Å². The summed E-state index contributed by atoms with van der Waals surface area (Å²) in [7, 11) is 0. The van der Waals surface area contributed by atoms with Crippen LogP contribution in [-0.4, -0.2) is 24.2 Å².